The largest absolute Gasteiger partial charge is 0.465 e. The second kappa shape index (κ2) is 7.21. The maximum atomic E-state index is 12.3. The zero-order valence-electron chi connectivity index (χ0n) is 12.5. The van der Waals surface area contributed by atoms with Gasteiger partial charge in [0.15, 0.2) is 0 Å². The SMILES string of the molecule is CCOC(=O)C1(CCCC2CCCO2)CCCCC1=O. The second-order valence-electron chi connectivity index (χ2n) is 5.96. The Morgan fingerprint density at radius 3 is 2.90 bits per heavy atom. The summed E-state index contributed by atoms with van der Waals surface area (Å²) in [5.74, 6) is -0.202. The van der Waals surface area contributed by atoms with Gasteiger partial charge in [0.05, 0.1) is 12.7 Å². The topological polar surface area (TPSA) is 52.6 Å². The molecule has 0 spiro atoms. The van der Waals surface area contributed by atoms with Gasteiger partial charge >= 0.3 is 5.97 Å². The molecule has 4 heteroatoms. The highest BCUT2D eigenvalue weighted by atomic mass is 16.5. The number of Topliss-reactive ketones (excluding diaryl/α,β-unsaturated/α-hetero) is 1. The molecule has 1 saturated carbocycles. The van der Waals surface area contributed by atoms with Crippen LogP contribution in [0.1, 0.15) is 64.7 Å². The summed E-state index contributed by atoms with van der Waals surface area (Å²) in [5, 5.41) is 0. The van der Waals surface area contributed by atoms with Crippen LogP contribution < -0.4 is 0 Å². The number of hydrogen-bond donors (Lipinski definition) is 0. The molecule has 114 valence electrons. The van der Waals surface area contributed by atoms with Crippen molar-refractivity contribution in [2.75, 3.05) is 13.2 Å². The van der Waals surface area contributed by atoms with Crippen molar-refractivity contribution in [2.24, 2.45) is 5.41 Å². The summed E-state index contributed by atoms with van der Waals surface area (Å²) in [5.41, 5.74) is -0.854. The molecule has 0 aromatic carbocycles. The zero-order valence-corrected chi connectivity index (χ0v) is 12.5. The molecule has 1 saturated heterocycles. The van der Waals surface area contributed by atoms with Gasteiger partial charge in [-0.25, -0.2) is 0 Å². The average molecular weight is 282 g/mol. The molecule has 2 aliphatic rings. The molecule has 0 aromatic rings. The molecule has 1 aliphatic heterocycles. The maximum Gasteiger partial charge on any atom is 0.319 e. The Kier molecular flexibility index (Phi) is 5.58. The number of ketones is 1. The minimum atomic E-state index is -0.854. The Morgan fingerprint density at radius 2 is 2.25 bits per heavy atom. The monoisotopic (exact) mass is 282 g/mol. The molecule has 2 atom stereocenters. The number of rotatable bonds is 6. The lowest BCUT2D eigenvalue weighted by Gasteiger charge is -2.33. The predicted octanol–water partition coefficient (Wildman–Crippen LogP) is 3.03. The maximum absolute atomic E-state index is 12.3. The molecule has 0 N–H and O–H groups in total. The van der Waals surface area contributed by atoms with Crippen molar-refractivity contribution in [3.8, 4) is 0 Å². The molecule has 4 nitrogen and oxygen atoms in total. The third-order valence-corrected chi connectivity index (χ3v) is 4.61. The summed E-state index contributed by atoms with van der Waals surface area (Å²) in [6.45, 7) is 3.00. The number of carbonyl (C=O) groups excluding carboxylic acids is 2. The summed E-state index contributed by atoms with van der Waals surface area (Å²) in [4.78, 5) is 24.6. The molecule has 2 rings (SSSR count). The van der Waals surface area contributed by atoms with E-state index in [1.54, 1.807) is 6.92 Å². The van der Waals surface area contributed by atoms with Gasteiger partial charge in [0, 0.05) is 13.0 Å². The van der Waals surface area contributed by atoms with Gasteiger partial charge in [-0.15, -0.1) is 0 Å². The van der Waals surface area contributed by atoms with E-state index in [0.717, 1.165) is 45.1 Å². The van der Waals surface area contributed by atoms with Crippen LogP contribution in [0.2, 0.25) is 0 Å². The lowest BCUT2D eigenvalue weighted by Crippen LogP contribution is -2.43. The molecule has 0 amide bonds. The lowest BCUT2D eigenvalue weighted by molar-refractivity contribution is -0.163. The Morgan fingerprint density at radius 1 is 1.40 bits per heavy atom. The molecule has 2 unspecified atom stereocenters. The van der Waals surface area contributed by atoms with Crippen LogP contribution in [-0.2, 0) is 19.1 Å². The Bertz CT molecular complexity index is 346. The fourth-order valence-electron chi connectivity index (χ4n) is 3.45. The second-order valence-corrected chi connectivity index (χ2v) is 5.96. The van der Waals surface area contributed by atoms with Crippen LogP contribution in [0.4, 0.5) is 0 Å². The minimum absolute atomic E-state index is 0.0922. The van der Waals surface area contributed by atoms with E-state index in [2.05, 4.69) is 0 Å². The van der Waals surface area contributed by atoms with Gasteiger partial charge < -0.3 is 9.47 Å². The number of carbonyl (C=O) groups is 2. The van der Waals surface area contributed by atoms with Crippen LogP contribution in [0, 0.1) is 5.41 Å². The fraction of sp³-hybridized carbons (Fsp3) is 0.875. The highest BCUT2D eigenvalue weighted by molar-refractivity contribution is 6.04. The van der Waals surface area contributed by atoms with Crippen LogP contribution in [0.25, 0.3) is 0 Å². The standard InChI is InChI=1S/C16H26O4/c1-2-19-15(18)16(10-4-3-9-14(16)17)11-5-7-13-8-6-12-20-13/h13H,2-12H2,1H3. The Balaban J connectivity index is 1.94. The van der Waals surface area contributed by atoms with E-state index in [9.17, 15) is 9.59 Å². The van der Waals surface area contributed by atoms with E-state index in [4.69, 9.17) is 9.47 Å². The average Bonchev–Trinajstić information content (AvgIpc) is 2.94. The molecule has 1 heterocycles. The number of ether oxygens (including phenoxy) is 2. The van der Waals surface area contributed by atoms with E-state index in [1.807, 2.05) is 0 Å². The van der Waals surface area contributed by atoms with Gasteiger partial charge in [0.1, 0.15) is 11.2 Å². The number of esters is 1. The molecule has 0 bridgehead atoms. The van der Waals surface area contributed by atoms with E-state index >= 15 is 0 Å². The fourth-order valence-corrected chi connectivity index (χ4v) is 3.45. The molecule has 20 heavy (non-hydrogen) atoms. The summed E-state index contributed by atoms with van der Waals surface area (Å²) in [6.07, 6.45) is 8.07. The molecule has 0 radical (unpaired) electrons. The predicted molar refractivity (Wildman–Crippen MR) is 75.4 cm³/mol. The van der Waals surface area contributed by atoms with Crippen molar-refractivity contribution >= 4 is 11.8 Å². The minimum Gasteiger partial charge on any atom is -0.465 e. The summed E-state index contributed by atoms with van der Waals surface area (Å²) in [6, 6.07) is 0. The van der Waals surface area contributed by atoms with Crippen molar-refractivity contribution in [3.05, 3.63) is 0 Å². The first-order valence-electron chi connectivity index (χ1n) is 8.01. The summed E-state index contributed by atoms with van der Waals surface area (Å²) < 4.78 is 10.8. The van der Waals surface area contributed by atoms with Gasteiger partial charge in [-0.2, -0.15) is 0 Å². The van der Waals surface area contributed by atoms with E-state index in [0.29, 0.717) is 32.0 Å². The third kappa shape index (κ3) is 3.40. The third-order valence-electron chi connectivity index (χ3n) is 4.61. The lowest BCUT2D eigenvalue weighted by atomic mass is 9.69. The van der Waals surface area contributed by atoms with E-state index in [-0.39, 0.29) is 11.8 Å². The molecule has 2 fully saturated rings. The van der Waals surface area contributed by atoms with Crippen molar-refractivity contribution in [3.63, 3.8) is 0 Å². The highest BCUT2D eigenvalue weighted by Crippen LogP contribution is 2.39. The van der Waals surface area contributed by atoms with Crippen LogP contribution in [0.15, 0.2) is 0 Å². The first kappa shape index (κ1) is 15.5. The van der Waals surface area contributed by atoms with E-state index in [1.165, 1.54) is 0 Å². The zero-order chi connectivity index (χ0) is 14.4. The van der Waals surface area contributed by atoms with Crippen LogP contribution >= 0.6 is 0 Å². The molecular formula is C16H26O4. The van der Waals surface area contributed by atoms with Gasteiger partial charge in [-0.3, -0.25) is 9.59 Å². The van der Waals surface area contributed by atoms with Crippen LogP contribution in [-0.4, -0.2) is 31.1 Å². The van der Waals surface area contributed by atoms with Crippen LogP contribution in [0.3, 0.4) is 0 Å². The Hall–Kier alpha value is -0.900. The molecule has 0 aromatic heterocycles. The quantitative estimate of drug-likeness (QED) is 0.555. The van der Waals surface area contributed by atoms with E-state index < -0.39 is 5.41 Å². The van der Waals surface area contributed by atoms with Crippen molar-refractivity contribution in [2.45, 2.75) is 70.8 Å². The van der Waals surface area contributed by atoms with Gasteiger partial charge in [0.25, 0.3) is 0 Å². The smallest absolute Gasteiger partial charge is 0.319 e. The molecular weight excluding hydrogens is 256 g/mol. The van der Waals surface area contributed by atoms with Gasteiger partial charge in [0.2, 0.25) is 0 Å². The first-order valence-corrected chi connectivity index (χ1v) is 8.01. The first-order chi connectivity index (χ1) is 9.69. The van der Waals surface area contributed by atoms with Crippen molar-refractivity contribution in [1.82, 2.24) is 0 Å². The summed E-state index contributed by atoms with van der Waals surface area (Å²) >= 11 is 0. The summed E-state index contributed by atoms with van der Waals surface area (Å²) in [7, 11) is 0. The van der Waals surface area contributed by atoms with Crippen molar-refractivity contribution in [1.29, 1.82) is 0 Å². The van der Waals surface area contributed by atoms with Crippen LogP contribution in [0.5, 0.6) is 0 Å². The number of hydrogen-bond acceptors (Lipinski definition) is 4. The normalized spacial score (nSPS) is 30.4. The highest BCUT2D eigenvalue weighted by Gasteiger charge is 2.47. The van der Waals surface area contributed by atoms with Gasteiger partial charge in [-0.05, 0) is 51.9 Å². The van der Waals surface area contributed by atoms with Gasteiger partial charge in [-0.1, -0.05) is 6.42 Å². The Labute approximate surface area is 121 Å². The van der Waals surface area contributed by atoms with Crippen molar-refractivity contribution < 1.29 is 19.1 Å². The molecule has 1 aliphatic carbocycles.